The van der Waals surface area contributed by atoms with E-state index in [0.29, 0.717) is 4.57 Å². The molecule has 13 heteroatoms. The molecule has 8 nitrogen and oxygen atoms in total. The number of alkyl halides is 3. The van der Waals surface area contributed by atoms with E-state index in [-0.39, 0.29) is 45.4 Å². The minimum Gasteiger partial charge on any atom is -0.395 e. The molecule has 0 aliphatic heterocycles. The van der Waals surface area contributed by atoms with Crippen LogP contribution in [0.3, 0.4) is 0 Å². The average Bonchev–Trinajstić information content (AvgIpc) is 3.13. The summed E-state index contributed by atoms with van der Waals surface area (Å²) in [4.78, 5) is 30.1. The number of nitrogens with zero attached hydrogens (tertiary/aromatic N) is 3. The smallest absolute Gasteiger partial charge is 0.395 e. The van der Waals surface area contributed by atoms with Crippen LogP contribution in [0, 0.1) is 0 Å². The van der Waals surface area contributed by atoms with E-state index >= 15 is 0 Å². The van der Waals surface area contributed by atoms with E-state index in [1.165, 1.54) is 36.4 Å². The van der Waals surface area contributed by atoms with Crippen molar-refractivity contribution < 1.29 is 33.0 Å². The summed E-state index contributed by atoms with van der Waals surface area (Å²) in [6.07, 6.45) is -4.91. The van der Waals surface area contributed by atoms with Gasteiger partial charge in [-0.25, -0.2) is 4.98 Å². The molecule has 0 spiro atoms. The summed E-state index contributed by atoms with van der Waals surface area (Å²) in [6, 6.07) is 8.49. The minimum absolute atomic E-state index is 0.0437. The van der Waals surface area contributed by atoms with Crippen molar-refractivity contribution in [1.82, 2.24) is 14.5 Å². The fourth-order valence-electron chi connectivity index (χ4n) is 3.36. The number of carbonyl (C=O) groups excluding carboxylic acids is 2. The summed E-state index contributed by atoms with van der Waals surface area (Å²) >= 11 is 12.1. The van der Waals surface area contributed by atoms with Crippen molar-refractivity contribution in [3.63, 3.8) is 0 Å². The van der Waals surface area contributed by atoms with E-state index in [1.807, 2.05) is 0 Å². The molecule has 34 heavy (non-hydrogen) atoms. The van der Waals surface area contributed by atoms with Crippen LogP contribution in [-0.2, 0) is 17.5 Å². The number of para-hydroxylation sites is 1. The van der Waals surface area contributed by atoms with Crippen molar-refractivity contribution >= 4 is 51.7 Å². The molecule has 0 saturated heterocycles. The Kier molecular flexibility index (Phi) is 8.03. The van der Waals surface area contributed by atoms with E-state index < -0.39 is 43.6 Å². The monoisotopic (exact) mass is 518 g/mol. The molecule has 3 aromatic rings. The SMILES string of the molecule is O=C(Nc1cccc2c1nc(C(F)(F)F)n2CC(=O)N(CCO)CCO)c1c(Cl)cccc1Cl. The maximum absolute atomic E-state index is 13.8. The zero-order chi connectivity index (χ0) is 25.0. The summed E-state index contributed by atoms with van der Waals surface area (Å²) in [5, 5.41) is 20.8. The molecule has 0 saturated carbocycles. The summed E-state index contributed by atoms with van der Waals surface area (Å²) in [5.74, 6) is -2.86. The molecule has 1 aromatic heterocycles. The van der Waals surface area contributed by atoms with Crippen LogP contribution >= 0.6 is 23.2 Å². The molecule has 0 unspecified atom stereocenters. The Morgan fingerprint density at radius 3 is 2.18 bits per heavy atom. The molecule has 2 amide bonds. The average molecular weight is 519 g/mol. The molecule has 0 fully saturated rings. The van der Waals surface area contributed by atoms with E-state index in [2.05, 4.69) is 10.3 Å². The Labute approximate surface area is 201 Å². The number of carbonyl (C=O) groups is 2. The van der Waals surface area contributed by atoms with Gasteiger partial charge in [0.1, 0.15) is 12.1 Å². The number of imidazole rings is 1. The molecule has 0 atom stereocenters. The Bertz CT molecular complexity index is 1190. The molecular weight excluding hydrogens is 500 g/mol. The Morgan fingerprint density at radius 1 is 1.03 bits per heavy atom. The van der Waals surface area contributed by atoms with Crippen molar-refractivity contribution in [3.05, 3.63) is 57.8 Å². The van der Waals surface area contributed by atoms with Crippen LogP contribution in [0.4, 0.5) is 18.9 Å². The van der Waals surface area contributed by atoms with Crippen molar-refractivity contribution in [2.24, 2.45) is 0 Å². The van der Waals surface area contributed by atoms with E-state index in [4.69, 9.17) is 33.4 Å². The summed E-state index contributed by atoms with van der Waals surface area (Å²) < 4.78 is 42.0. The van der Waals surface area contributed by atoms with Gasteiger partial charge in [0.15, 0.2) is 0 Å². The van der Waals surface area contributed by atoms with Crippen molar-refractivity contribution in [1.29, 1.82) is 0 Å². The van der Waals surface area contributed by atoms with Crippen LogP contribution in [0.2, 0.25) is 10.0 Å². The third kappa shape index (κ3) is 5.44. The standard InChI is InChI=1S/C21H19Cl2F3N4O4/c22-12-3-1-4-13(23)17(12)19(34)27-14-5-2-6-15-18(14)28-20(21(24,25)26)30(15)11-16(33)29(7-9-31)8-10-32/h1-6,31-32H,7-11H2,(H,27,34). The Morgan fingerprint density at radius 2 is 1.62 bits per heavy atom. The lowest BCUT2D eigenvalue weighted by atomic mass is 10.2. The molecule has 2 aromatic carbocycles. The van der Waals surface area contributed by atoms with Gasteiger partial charge in [-0.15, -0.1) is 0 Å². The lowest BCUT2D eigenvalue weighted by molar-refractivity contribution is -0.148. The fraction of sp³-hybridized carbons (Fsp3) is 0.286. The molecule has 3 rings (SSSR count). The normalized spacial score (nSPS) is 11.6. The number of aliphatic hydroxyl groups is 2. The number of hydrogen-bond donors (Lipinski definition) is 3. The number of anilines is 1. The number of benzene rings is 2. The van der Waals surface area contributed by atoms with Crippen LogP contribution in [-0.4, -0.2) is 62.8 Å². The molecule has 182 valence electrons. The molecule has 0 aliphatic carbocycles. The van der Waals surface area contributed by atoms with Gasteiger partial charge in [0, 0.05) is 13.1 Å². The zero-order valence-electron chi connectivity index (χ0n) is 17.4. The largest absolute Gasteiger partial charge is 0.449 e. The molecule has 0 aliphatic rings. The quantitative estimate of drug-likeness (QED) is 0.423. The number of halogens is 5. The van der Waals surface area contributed by atoms with Crippen molar-refractivity contribution in [2.45, 2.75) is 12.7 Å². The predicted molar refractivity (Wildman–Crippen MR) is 120 cm³/mol. The highest BCUT2D eigenvalue weighted by atomic mass is 35.5. The predicted octanol–water partition coefficient (Wildman–Crippen LogP) is 3.43. The van der Waals surface area contributed by atoms with Gasteiger partial charge in [0.2, 0.25) is 11.7 Å². The number of nitrogens with one attached hydrogen (secondary N) is 1. The Balaban J connectivity index is 2.05. The second-order valence-electron chi connectivity index (χ2n) is 7.07. The van der Waals surface area contributed by atoms with Crippen molar-refractivity contribution in [2.75, 3.05) is 31.6 Å². The molecular formula is C21H19Cl2F3N4O4. The lowest BCUT2D eigenvalue weighted by Gasteiger charge is -2.22. The van der Waals surface area contributed by atoms with Gasteiger partial charge < -0.3 is 25.0 Å². The first-order valence-electron chi connectivity index (χ1n) is 9.89. The molecule has 1 heterocycles. The highest BCUT2D eigenvalue weighted by Gasteiger charge is 2.38. The Hall–Kier alpha value is -2.86. The zero-order valence-corrected chi connectivity index (χ0v) is 19.0. The topological polar surface area (TPSA) is 108 Å². The number of amides is 2. The van der Waals surface area contributed by atoms with Gasteiger partial charge in [-0.05, 0) is 24.3 Å². The molecule has 3 N–H and O–H groups in total. The third-order valence-electron chi connectivity index (χ3n) is 4.86. The second-order valence-corrected chi connectivity index (χ2v) is 7.89. The van der Waals surface area contributed by atoms with Crippen LogP contribution in [0.15, 0.2) is 36.4 Å². The maximum atomic E-state index is 13.8. The second kappa shape index (κ2) is 10.6. The minimum atomic E-state index is -4.91. The number of rotatable bonds is 8. The van der Waals surface area contributed by atoms with Gasteiger partial charge in [-0.1, -0.05) is 35.3 Å². The number of aliphatic hydroxyl groups excluding tert-OH is 2. The van der Waals surface area contributed by atoms with Gasteiger partial charge >= 0.3 is 6.18 Å². The van der Waals surface area contributed by atoms with Gasteiger partial charge in [-0.2, -0.15) is 13.2 Å². The highest BCUT2D eigenvalue weighted by molar-refractivity contribution is 6.40. The maximum Gasteiger partial charge on any atom is 0.449 e. The van der Waals surface area contributed by atoms with Gasteiger partial charge in [0.25, 0.3) is 5.91 Å². The van der Waals surface area contributed by atoms with Crippen LogP contribution in [0.5, 0.6) is 0 Å². The van der Waals surface area contributed by atoms with E-state index in [0.717, 1.165) is 4.90 Å². The van der Waals surface area contributed by atoms with E-state index in [9.17, 15) is 22.8 Å². The van der Waals surface area contributed by atoms with Crippen molar-refractivity contribution in [3.8, 4) is 0 Å². The highest BCUT2D eigenvalue weighted by Crippen LogP contribution is 2.34. The first-order valence-corrected chi connectivity index (χ1v) is 10.6. The summed E-state index contributed by atoms with van der Waals surface area (Å²) in [6.45, 7) is -1.92. The molecule has 0 radical (unpaired) electrons. The number of hydrogen-bond acceptors (Lipinski definition) is 5. The lowest BCUT2D eigenvalue weighted by Crippen LogP contribution is -2.38. The van der Waals surface area contributed by atoms with Crippen LogP contribution in [0.25, 0.3) is 11.0 Å². The summed E-state index contributed by atoms with van der Waals surface area (Å²) in [7, 11) is 0. The van der Waals surface area contributed by atoms with E-state index in [1.54, 1.807) is 0 Å². The van der Waals surface area contributed by atoms with Crippen LogP contribution < -0.4 is 5.32 Å². The molecule has 0 bridgehead atoms. The van der Waals surface area contributed by atoms with Crippen LogP contribution in [0.1, 0.15) is 16.2 Å². The first kappa shape index (κ1) is 25.8. The van der Waals surface area contributed by atoms with Gasteiger partial charge in [-0.3, -0.25) is 9.59 Å². The third-order valence-corrected chi connectivity index (χ3v) is 5.49. The first-order chi connectivity index (χ1) is 16.1. The number of fused-ring (bicyclic) bond motifs is 1. The fourth-order valence-corrected chi connectivity index (χ4v) is 3.93. The van der Waals surface area contributed by atoms with Gasteiger partial charge in [0.05, 0.1) is 40.0 Å². The summed E-state index contributed by atoms with van der Waals surface area (Å²) in [5.41, 5.74) is -0.360. The number of aromatic nitrogens is 2.